The molecule has 6 nitrogen and oxygen atoms in total. The van der Waals surface area contributed by atoms with Gasteiger partial charge in [0.2, 0.25) is 0 Å². The Labute approximate surface area is 195 Å². The maximum atomic E-state index is 11.8. The van der Waals surface area contributed by atoms with Crippen molar-refractivity contribution in [2.75, 3.05) is 14.2 Å². The van der Waals surface area contributed by atoms with Gasteiger partial charge in [-0.2, -0.15) is 0 Å². The average Bonchev–Trinajstić information content (AvgIpc) is 2.84. The molecule has 0 bridgehead atoms. The smallest absolute Gasteiger partial charge is 0.337 e. The number of esters is 1. The van der Waals surface area contributed by atoms with Gasteiger partial charge in [0.05, 0.1) is 25.8 Å². The molecule has 1 aliphatic heterocycles. The molecule has 0 aliphatic carbocycles. The normalized spacial score (nSPS) is 17.8. The SMILES string of the molecule is COC(=O)c1ccc(C2NC(c3cccc(OC)c3)=CC(c3cc(Br)ccc3O)N2)cc1. The first-order chi connectivity index (χ1) is 15.5. The molecule has 7 heteroatoms. The summed E-state index contributed by atoms with van der Waals surface area (Å²) in [7, 11) is 3.00. The maximum absolute atomic E-state index is 11.8. The minimum Gasteiger partial charge on any atom is -0.508 e. The van der Waals surface area contributed by atoms with Gasteiger partial charge in [-0.3, -0.25) is 5.32 Å². The Bertz CT molecular complexity index is 1160. The number of benzene rings is 3. The van der Waals surface area contributed by atoms with Crippen molar-refractivity contribution in [2.45, 2.75) is 12.2 Å². The minimum absolute atomic E-state index is 0.202. The summed E-state index contributed by atoms with van der Waals surface area (Å²) in [5.74, 6) is 0.577. The van der Waals surface area contributed by atoms with Crippen LogP contribution in [0.15, 0.2) is 77.3 Å². The Morgan fingerprint density at radius 2 is 1.81 bits per heavy atom. The van der Waals surface area contributed by atoms with Gasteiger partial charge in [0.1, 0.15) is 17.7 Å². The molecule has 3 aromatic carbocycles. The third kappa shape index (κ3) is 4.64. The second-order valence-corrected chi connectivity index (χ2v) is 8.27. The van der Waals surface area contributed by atoms with Crippen LogP contribution >= 0.6 is 15.9 Å². The number of rotatable bonds is 5. The summed E-state index contributed by atoms with van der Waals surface area (Å²) < 4.78 is 11.1. The van der Waals surface area contributed by atoms with Gasteiger partial charge in [-0.05, 0) is 54.1 Å². The zero-order chi connectivity index (χ0) is 22.7. The Balaban J connectivity index is 1.74. The summed E-state index contributed by atoms with van der Waals surface area (Å²) in [6.45, 7) is 0. The Morgan fingerprint density at radius 1 is 1.03 bits per heavy atom. The van der Waals surface area contributed by atoms with Crippen LogP contribution in [0, 0.1) is 0 Å². The molecular formula is C25H23BrN2O4. The number of hydrogen-bond donors (Lipinski definition) is 3. The molecule has 1 heterocycles. The van der Waals surface area contributed by atoms with Crippen molar-refractivity contribution in [3.8, 4) is 11.5 Å². The number of carbonyl (C=O) groups excluding carboxylic acids is 1. The molecule has 164 valence electrons. The van der Waals surface area contributed by atoms with Crippen molar-refractivity contribution >= 4 is 27.6 Å². The van der Waals surface area contributed by atoms with Crippen molar-refractivity contribution < 1.29 is 19.4 Å². The summed E-state index contributed by atoms with van der Waals surface area (Å²) in [4.78, 5) is 11.8. The van der Waals surface area contributed by atoms with Crippen LogP contribution in [0.3, 0.4) is 0 Å². The molecule has 1 aliphatic rings. The number of aromatic hydroxyl groups is 1. The standard InChI is InChI=1S/C25H23BrN2O4/c1-31-19-5-3-4-17(12-19)21-14-22(20-13-18(26)10-11-23(20)29)28-24(27-21)15-6-8-16(9-7-15)25(30)32-2/h3-14,22,24,27-29H,1-2H3. The van der Waals surface area contributed by atoms with Gasteiger partial charge in [-0.25, -0.2) is 4.79 Å². The van der Waals surface area contributed by atoms with Gasteiger partial charge >= 0.3 is 5.97 Å². The predicted octanol–water partition coefficient (Wildman–Crippen LogP) is 4.92. The number of halogens is 1. The summed E-state index contributed by atoms with van der Waals surface area (Å²) in [6.07, 6.45) is 1.77. The van der Waals surface area contributed by atoms with Crippen LogP contribution in [0.2, 0.25) is 0 Å². The number of methoxy groups -OCH3 is 2. The molecule has 0 spiro atoms. The molecule has 0 radical (unpaired) electrons. The second-order valence-electron chi connectivity index (χ2n) is 7.35. The third-order valence-corrected chi connectivity index (χ3v) is 5.84. The number of ether oxygens (including phenoxy) is 2. The lowest BCUT2D eigenvalue weighted by atomic mass is 9.97. The number of phenols is 1. The summed E-state index contributed by atoms with van der Waals surface area (Å²) >= 11 is 3.49. The molecule has 2 unspecified atom stereocenters. The van der Waals surface area contributed by atoms with E-state index in [2.05, 4.69) is 26.6 Å². The highest BCUT2D eigenvalue weighted by molar-refractivity contribution is 9.10. The topological polar surface area (TPSA) is 79.8 Å². The van der Waals surface area contributed by atoms with Gasteiger partial charge in [-0.1, -0.05) is 40.2 Å². The van der Waals surface area contributed by atoms with Crippen LogP contribution in [0.4, 0.5) is 0 Å². The van der Waals surface area contributed by atoms with E-state index in [0.717, 1.165) is 32.6 Å². The van der Waals surface area contributed by atoms with Crippen LogP contribution in [0.1, 0.15) is 39.3 Å². The van der Waals surface area contributed by atoms with Gasteiger partial charge in [0.25, 0.3) is 0 Å². The first kappa shape index (κ1) is 21.9. The Kier molecular flexibility index (Phi) is 6.48. The largest absolute Gasteiger partial charge is 0.508 e. The zero-order valence-corrected chi connectivity index (χ0v) is 19.2. The van der Waals surface area contributed by atoms with Crippen LogP contribution in [0.5, 0.6) is 11.5 Å². The molecule has 0 amide bonds. The average molecular weight is 495 g/mol. The molecule has 0 fully saturated rings. The Morgan fingerprint density at radius 3 is 2.53 bits per heavy atom. The fraction of sp³-hybridized carbons (Fsp3) is 0.160. The van der Waals surface area contributed by atoms with Crippen LogP contribution in [-0.2, 0) is 4.74 Å². The van der Waals surface area contributed by atoms with Crippen molar-refractivity contribution in [3.05, 3.63) is 99.5 Å². The van der Waals surface area contributed by atoms with E-state index in [-0.39, 0.29) is 23.9 Å². The summed E-state index contributed by atoms with van der Waals surface area (Å²) in [5.41, 5.74) is 4.02. The molecule has 2 atom stereocenters. The first-order valence-electron chi connectivity index (χ1n) is 10.0. The van der Waals surface area contributed by atoms with Crippen LogP contribution in [-0.4, -0.2) is 25.3 Å². The molecule has 0 saturated heterocycles. The van der Waals surface area contributed by atoms with E-state index in [0.29, 0.717) is 5.56 Å². The van der Waals surface area contributed by atoms with Crippen molar-refractivity contribution in [3.63, 3.8) is 0 Å². The van der Waals surface area contributed by atoms with Crippen molar-refractivity contribution in [1.29, 1.82) is 0 Å². The second kappa shape index (κ2) is 9.46. The predicted molar refractivity (Wildman–Crippen MR) is 126 cm³/mol. The number of hydrogen-bond acceptors (Lipinski definition) is 6. The highest BCUT2D eigenvalue weighted by Crippen LogP contribution is 2.35. The van der Waals surface area contributed by atoms with Gasteiger partial charge in [0, 0.05) is 21.3 Å². The zero-order valence-electron chi connectivity index (χ0n) is 17.6. The summed E-state index contributed by atoms with van der Waals surface area (Å²) in [6, 6.07) is 20.1. The highest BCUT2D eigenvalue weighted by Gasteiger charge is 2.26. The lowest BCUT2D eigenvalue weighted by Gasteiger charge is -2.33. The quantitative estimate of drug-likeness (QED) is 0.436. The van der Waals surface area contributed by atoms with Crippen molar-refractivity contribution in [2.24, 2.45) is 0 Å². The van der Waals surface area contributed by atoms with E-state index in [1.54, 1.807) is 31.4 Å². The van der Waals surface area contributed by atoms with Crippen LogP contribution in [0.25, 0.3) is 5.70 Å². The van der Waals surface area contributed by atoms with E-state index in [9.17, 15) is 9.90 Å². The fourth-order valence-electron chi connectivity index (χ4n) is 3.67. The van der Waals surface area contributed by atoms with E-state index in [4.69, 9.17) is 9.47 Å². The molecule has 0 saturated carbocycles. The van der Waals surface area contributed by atoms with E-state index < -0.39 is 0 Å². The van der Waals surface area contributed by atoms with Gasteiger partial charge < -0.3 is 19.9 Å². The highest BCUT2D eigenvalue weighted by atomic mass is 79.9. The van der Waals surface area contributed by atoms with E-state index in [1.807, 2.05) is 48.5 Å². The minimum atomic E-state index is -0.380. The molecule has 3 aromatic rings. The first-order valence-corrected chi connectivity index (χ1v) is 10.8. The number of nitrogens with one attached hydrogen (secondary N) is 2. The van der Waals surface area contributed by atoms with E-state index >= 15 is 0 Å². The molecule has 0 aromatic heterocycles. The van der Waals surface area contributed by atoms with Gasteiger partial charge in [0.15, 0.2) is 0 Å². The Hall–Kier alpha value is -3.29. The molecular weight excluding hydrogens is 472 g/mol. The number of phenolic OH excluding ortho intramolecular Hbond substituents is 1. The summed E-state index contributed by atoms with van der Waals surface area (Å²) in [5, 5.41) is 17.6. The lowest BCUT2D eigenvalue weighted by Crippen LogP contribution is -2.39. The lowest BCUT2D eigenvalue weighted by molar-refractivity contribution is 0.0600. The van der Waals surface area contributed by atoms with Crippen LogP contribution < -0.4 is 15.4 Å². The number of carbonyl (C=O) groups is 1. The fourth-order valence-corrected chi connectivity index (χ4v) is 4.05. The van der Waals surface area contributed by atoms with E-state index in [1.165, 1.54) is 7.11 Å². The molecule has 32 heavy (non-hydrogen) atoms. The van der Waals surface area contributed by atoms with Crippen molar-refractivity contribution in [1.82, 2.24) is 10.6 Å². The maximum Gasteiger partial charge on any atom is 0.337 e. The van der Waals surface area contributed by atoms with Gasteiger partial charge in [-0.15, -0.1) is 0 Å². The monoisotopic (exact) mass is 494 g/mol. The molecule has 3 N–H and O–H groups in total. The third-order valence-electron chi connectivity index (χ3n) is 5.35. The molecule has 4 rings (SSSR count).